The molecule has 1 aliphatic carbocycles. The van der Waals surface area contributed by atoms with Gasteiger partial charge in [0.15, 0.2) is 0 Å². The number of benzene rings is 1. The normalized spacial score (nSPS) is 17.7. The minimum Gasteiger partial charge on any atom is -0.497 e. The maximum absolute atomic E-state index is 11.7. The fourth-order valence-electron chi connectivity index (χ4n) is 2.81. The Morgan fingerprint density at radius 2 is 2.25 bits per heavy atom. The Hall–Kier alpha value is -1.55. The summed E-state index contributed by atoms with van der Waals surface area (Å²) >= 11 is 0. The Labute approximate surface area is 121 Å². The highest BCUT2D eigenvalue weighted by Gasteiger charge is 2.21. The molecule has 1 N–H and O–H groups in total. The zero-order valence-electron chi connectivity index (χ0n) is 12.6. The summed E-state index contributed by atoms with van der Waals surface area (Å²) in [5.74, 6) is 1.44. The van der Waals surface area contributed by atoms with E-state index in [4.69, 9.17) is 4.74 Å². The first-order valence-corrected chi connectivity index (χ1v) is 7.18. The summed E-state index contributed by atoms with van der Waals surface area (Å²) in [5.41, 5.74) is 2.73. The Morgan fingerprint density at radius 3 is 2.95 bits per heavy atom. The number of likely N-dealkylation sites (N-methyl/N-ethyl adjacent to an activating group) is 1. The van der Waals surface area contributed by atoms with E-state index in [0.717, 1.165) is 25.1 Å². The highest BCUT2D eigenvalue weighted by atomic mass is 16.5. The predicted octanol–water partition coefficient (Wildman–Crippen LogP) is 1.79. The van der Waals surface area contributed by atoms with Crippen LogP contribution in [0, 0.1) is 0 Å². The molecule has 0 radical (unpaired) electrons. The van der Waals surface area contributed by atoms with E-state index in [2.05, 4.69) is 17.4 Å². The van der Waals surface area contributed by atoms with Gasteiger partial charge in [0.05, 0.1) is 13.7 Å². The molecule has 0 aromatic heterocycles. The van der Waals surface area contributed by atoms with Crippen LogP contribution >= 0.6 is 0 Å². The molecule has 0 fully saturated rings. The molecule has 1 atom stereocenters. The summed E-state index contributed by atoms with van der Waals surface area (Å²) in [6.45, 7) is 1.17. The second-order valence-electron chi connectivity index (χ2n) is 5.70. The number of methoxy groups -OCH3 is 1. The van der Waals surface area contributed by atoms with E-state index in [1.54, 1.807) is 7.11 Å². The van der Waals surface area contributed by atoms with Crippen LogP contribution in [0.3, 0.4) is 0 Å². The predicted molar refractivity (Wildman–Crippen MR) is 80.2 cm³/mol. The maximum atomic E-state index is 11.7. The molecule has 0 unspecified atom stereocenters. The molecule has 1 aromatic rings. The summed E-state index contributed by atoms with van der Waals surface area (Å²) in [4.78, 5) is 13.6. The molecule has 0 saturated carbocycles. The zero-order valence-corrected chi connectivity index (χ0v) is 12.6. The van der Waals surface area contributed by atoms with Crippen LogP contribution in [-0.2, 0) is 11.2 Å². The Morgan fingerprint density at radius 1 is 1.45 bits per heavy atom. The van der Waals surface area contributed by atoms with Gasteiger partial charge in [0, 0.05) is 12.5 Å². The van der Waals surface area contributed by atoms with Gasteiger partial charge in [0.25, 0.3) is 0 Å². The van der Waals surface area contributed by atoms with Crippen molar-refractivity contribution >= 4 is 5.91 Å². The first-order chi connectivity index (χ1) is 9.60. The van der Waals surface area contributed by atoms with E-state index in [-0.39, 0.29) is 5.91 Å². The summed E-state index contributed by atoms with van der Waals surface area (Å²) in [5, 5.41) is 3.04. The highest BCUT2D eigenvalue weighted by Crippen LogP contribution is 2.33. The minimum atomic E-state index is 0.0932. The second kappa shape index (κ2) is 6.75. The van der Waals surface area contributed by atoms with Gasteiger partial charge in [-0.05, 0) is 56.6 Å². The molecule has 20 heavy (non-hydrogen) atoms. The number of ether oxygens (including phenoxy) is 1. The number of rotatable bonds is 5. The number of aryl methyl sites for hydroxylation is 1. The van der Waals surface area contributed by atoms with Gasteiger partial charge in [-0.15, -0.1) is 0 Å². The van der Waals surface area contributed by atoms with Crippen LogP contribution in [0.15, 0.2) is 18.2 Å². The fraction of sp³-hybridized carbons (Fsp3) is 0.562. The number of nitrogens with one attached hydrogen (secondary N) is 1. The van der Waals surface area contributed by atoms with E-state index in [1.165, 1.54) is 17.5 Å². The van der Waals surface area contributed by atoms with Crippen molar-refractivity contribution in [2.45, 2.75) is 25.2 Å². The van der Waals surface area contributed by atoms with Gasteiger partial charge in [-0.1, -0.05) is 6.07 Å². The number of carbonyl (C=O) groups is 1. The smallest absolute Gasteiger partial charge is 0.234 e. The average Bonchev–Trinajstić information content (AvgIpc) is 2.43. The van der Waals surface area contributed by atoms with Crippen LogP contribution in [0.4, 0.5) is 0 Å². The molecule has 1 aromatic carbocycles. The third kappa shape index (κ3) is 3.73. The SMILES string of the molecule is COc1ccc2c(c1)CCC[C@H]2CNC(=O)CN(C)C. The van der Waals surface area contributed by atoms with E-state index < -0.39 is 0 Å². The Kier molecular flexibility index (Phi) is 5.01. The lowest BCUT2D eigenvalue weighted by atomic mass is 9.82. The molecule has 0 saturated heterocycles. The van der Waals surface area contributed by atoms with E-state index in [0.29, 0.717) is 12.5 Å². The lowest BCUT2D eigenvalue weighted by Crippen LogP contribution is -2.36. The van der Waals surface area contributed by atoms with Gasteiger partial charge in [0.2, 0.25) is 5.91 Å². The molecule has 1 aliphatic rings. The largest absolute Gasteiger partial charge is 0.497 e. The summed E-state index contributed by atoms with van der Waals surface area (Å²) in [7, 11) is 5.51. The number of carbonyl (C=O) groups excluding carboxylic acids is 1. The molecule has 0 heterocycles. The van der Waals surface area contributed by atoms with Crippen LogP contribution in [-0.4, -0.2) is 45.1 Å². The highest BCUT2D eigenvalue weighted by molar-refractivity contribution is 5.78. The number of hydrogen-bond donors (Lipinski definition) is 1. The zero-order chi connectivity index (χ0) is 14.5. The van der Waals surface area contributed by atoms with Crippen molar-refractivity contribution in [1.29, 1.82) is 0 Å². The van der Waals surface area contributed by atoms with Gasteiger partial charge in [-0.25, -0.2) is 0 Å². The topological polar surface area (TPSA) is 41.6 Å². The van der Waals surface area contributed by atoms with Crippen LogP contribution in [0.5, 0.6) is 5.75 Å². The quantitative estimate of drug-likeness (QED) is 0.891. The molecule has 0 bridgehead atoms. The Bertz CT molecular complexity index is 472. The second-order valence-corrected chi connectivity index (χ2v) is 5.70. The van der Waals surface area contributed by atoms with Crippen LogP contribution < -0.4 is 10.1 Å². The molecular weight excluding hydrogens is 252 g/mol. The van der Waals surface area contributed by atoms with Crippen molar-refractivity contribution in [3.8, 4) is 5.75 Å². The van der Waals surface area contributed by atoms with Crippen molar-refractivity contribution in [1.82, 2.24) is 10.2 Å². The summed E-state index contributed by atoms with van der Waals surface area (Å²) in [6.07, 6.45) is 3.42. The standard InChI is InChI=1S/C16H24N2O2/c1-18(2)11-16(19)17-10-13-6-4-5-12-9-14(20-3)7-8-15(12)13/h7-9,13H,4-6,10-11H2,1-3H3,(H,17,19)/t13-/m0/s1. The third-order valence-electron chi connectivity index (χ3n) is 3.79. The first-order valence-electron chi connectivity index (χ1n) is 7.18. The molecule has 4 nitrogen and oxygen atoms in total. The van der Waals surface area contributed by atoms with E-state index >= 15 is 0 Å². The Balaban J connectivity index is 2.00. The first kappa shape index (κ1) is 14.9. The van der Waals surface area contributed by atoms with Crippen LogP contribution in [0.1, 0.15) is 29.9 Å². The van der Waals surface area contributed by atoms with E-state index in [1.807, 2.05) is 25.1 Å². The molecule has 0 aliphatic heterocycles. The van der Waals surface area contributed by atoms with E-state index in [9.17, 15) is 4.79 Å². The monoisotopic (exact) mass is 276 g/mol. The number of fused-ring (bicyclic) bond motifs is 1. The molecule has 0 spiro atoms. The lowest BCUT2D eigenvalue weighted by molar-refractivity contribution is -0.121. The van der Waals surface area contributed by atoms with Crippen molar-refractivity contribution in [3.05, 3.63) is 29.3 Å². The molecular formula is C16H24N2O2. The van der Waals surface area contributed by atoms with Crippen LogP contribution in [0.2, 0.25) is 0 Å². The molecule has 2 rings (SSSR count). The van der Waals surface area contributed by atoms with Gasteiger partial charge in [-0.2, -0.15) is 0 Å². The molecule has 4 heteroatoms. The number of nitrogens with zero attached hydrogens (tertiary/aromatic N) is 1. The van der Waals surface area contributed by atoms with Crippen molar-refractivity contribution < 1.29 is 9.53 Å². The van der Waals surface area contributed by atoms with Gasteiger partial charge >= 0.3 is 0 Å². The minimum absolute atomic E-state index is 0.0932. The molecule has 1 amide bonds. The lowest BCUT2D eigenvalue weighted by Gasteiger charge is -2.26. The third-order valence-corrected chi connectivity index (χ3v) is 3.79. The summed E-state index contributed by atoms with van der Waals surface area (Å²) in [6, 6.07) is 6.29. The van der Waals surface area contributed by atoms with Gasteiger partial charge in [0.1, 0.15) is 5.75 Å². The molecule has 110 valence electrons. The fourth-order valence-corrected chi connectivity index (χ4v) is 2.81. The van der Waals surface area contributed by atoms with Crippen molar-refractivity contribution in [2.24, 2.45) is 0 Å². The van der Waals surface area contributed by atoms with Crippen molar-refractivity contribution in [2.75, 3.05) is 34.3 Å². The average molecular weight is 276 g/mol. The van der Waals surface area contributed by atoms with Gasteiger partial charge in [-0.3, -0.25) is 4.79 Å². The number of amides is 1. The van der Waals surface area contributed by atoms with Gasteiger partial charge < -0.3 is 15.0 Å². The van der Waals surface area contributed by atoms with Crippen LogP contribution in [0.25, 0.3) is 0 Å². The number of hydrogen-bond acceptors (Lipinski definition) is 3. The maximum Gasteiger partial charge on any atom is 0.234 e. The van der Waals surface area contributed by atoms with Crippen molar-refractivity contribution in [3.63, 3.8) is 0 Å². The summed E-state index contributed by atoms with van der Waals surface area (Å²) < 4.78 is 5.28.